The van der Waals surface area contributed by atoms with Crippen molar-refractivity contribution in [2.75, 3.05) is 18.5 Å². The van der Waals surface area contributed by atoms with Gasteiger partial charge in [-0.15, -0.1) is 11.3 Å². The summed E-state index contributed by atoms with van der Waals surface area (Å²) in [5, 5.41) is 4.80. The second-order valence-corrected chi connectivity index (χ2v) is 10.7. The van der Waals surface area contributed by atoms with Gasteiger partial charge in [-0.2, -0.15) is 4.31 Å². The van der Waals surface area contributed by atoms with Crippen molar-refractivity contribution in [3.05, 3.63) is 41.3 Å². The van der Waals surface area contributed by atoms with Crippen LogP contribution < -0.4 is 5.32 Å². The third-order valence-corrected chi connectivity index (χ3v) is 8.91. The first kappa shape index (κ1) is 20.9. The van der Waals surface area contributed by atoms with E-state index in [0.29, 0.717) is 35.6 Å². The molecule has 1 aliphatic rings. The lowest BCUT2D eigenvalue weighted by Gasteiger charge is -2.22. The molecule has 30 heavy (non-hydrogen) atoms. The maximum absolute atomic E-state index is 12.9. The van der Waals surface area contributed by atoms with E-state index in [-0.39, 0.29) is 10.8 Å². The number of esters is 1. The van der Waals surface area contributed by atoms with Crippen LogP contribution in [0.4, 0.5) is 5.13 Å². The Hall–Kier alpha value is -2.34. The molecule has 1 fully saturated rings. The molecule has 11 heteroatoms. The molecule has 1 amide bonds. The highest BCUT2D eigenvalue weighted by molar-refractivity contribution is 7.91. The monoisotopic (exact) mass is 465 g/mol. The number of sulfonamides is 1. The molecule has 2 aromatic heterocycles. The summed E-state index contributed by atoms with van der Waals surface area (Å²) >= 11 is 2.36. The first-order valence-electron chi connectivity index (χ1n) is 9.34. The number of nitrogens with one attached hydrogen (secondary N) is 1. The number of amides is 1. The van der Waals surface area contributed by atoms with Crippen LogP contribution in [-0.4, -0.2) is 48.8 Å². The molecule has 0 spiro atoms. The van der Waals surface area contributed by atoms with Gasteiger partial charge in [-0.3, -0.25) is 4.79 Å². The van der Waals surface area contributed by atoms with Gasteiger partial charge in [-0.1, -0.05) is 17.4 Å². The lowest BCUT2D eigenvalue weighted by Crippen LogP contribution is -2.42. The zero-order chi connectivity index (χ0) is 21.3. The van der Waals surface area contributed by atoms with Crippen molar-refractivity contribution in [3.8, 4) is 0 Å². The molecule has 1 aliphatic heterocycles. The van der Waals surface area contributed by atoms with Crippen LogP contribution in [0, 0.1) is 0 Å². The maximum atomic E-state index is 12.9. The van der Waals surface area contributed by atoms with E-state index in [9.17, 15) is 18.0 Å². The standard InChI is InChI=1S/C19H19N3O5S3/c1-2-27-18(24)12-7-8-13-15(11-12)29-19(20-13)21-17(23)14-5-3-9-22(14)30(25,26)16-6-4-10-28-16/h4,6-8,10-11,14H,2-3,5,9H2,1H3,(H,20,21,23). The highest BCUT2D eigenvalue weighted by atomic mass is 32.2. The first-order chi connectivity index (χ1) is 14.4. The maximum Gasteiger partial charge on any atom is 0.338 e. The number of aromatic nitrogens is 1. The van der Waals surface area contributed by atoms with Crippen LogP contribution in [0.25, 0.3) is 10.2 Å². The fourth-order valence-corrected chi connectivity index (χ4v) is 7.01. The summed E-state index contributed by atoms with van der Waals surface area (Å²) in [6.07, 6.45) is 1.07. The molecular weight excluding hydrogens is 446 g/mol. The van der Waals surface area contributed by atoms with Crippen molar-refractivity contribution in [1.82, 2.24) is 9.29 Å². The fourth-order valence-electron chi connectivity index (χ4n) is 3.32. The van der Waals surface area contributed by atoms with Crippen LogP contribution >= 0.6 is 22.7 Å². The number of hydrogen-bond donors (Lipinski definition) is 1. The molecule has 3 heterocycles. The van der Waals surface area contributed by atoms with Crippen molar-refractivity contribution in [2.24, 2.45) is 0 Å². The van der Waals surface area contributed by atoms with E-state index >= 15 is 0 Å². The van der Waals surface area contributed by atoms with Crippen molar-refractivity contribution in [1.29, 1.82) is 0 Å². The predicted molar refractivity (Wildman–Crippen MR) is 115 cm³/mol. The van der Waals surface area contributed by atoms with Crippen molar-refractivity contribution >= 4 is 59.9 Å². The number of thiazole rings is 1. The molecule has 0 saturated carbocycles. The zero-order valence-electron chi connectivity index (χ0n) is 16.0. The second-order valence-electron chi connectivity index (χ2n) is 6.62. The second kappa shape index (κ2) is 8.42. The van der Waals surface area contributed by atoms with Crippen LogP contribution in [0.3, 0.4) is 0 Å². The quantitative estimate of drug-likeness (QED) is 0.560. The summed E-state index contributed by atoms with van der Waals surface area (Å²) in [6, 6.07) is 7.42. The minimum atomic E-state index is -3.70. The molecule has 1 N–H and O–H groups in total. The Balaban J connectivity index is 1.53. The van der Waals surface area contributed by atoms with E-state index in [1.165, 1.54) is 15.6 Å². The number of rotatable bonds is 6. The number of ether oxygens (including phenoxy) is 1. The number of carbonyl (C=O) groups excluding carboxylic acids is 2. The molecule has 1 aromatic carbocycles. The topological polar surface area (TPSA) is 106 Å². The Morgan fingerprint density at radius 3 is 2.90 bits per heavy atom. The van der Waals surface area contributed by atoms with Crippen LogP contribution in [-0.2, 0) is 19.6 Å². The summed E-state index contributed by atoms with van der Waals surface area (Å²) in [7, 11) is -3.70. The van der Waals surface area contributed by atoms with E-state index in [0.717, 1.165) is 16.0 Å². The molecule has 0 radical (unpaired) electrons. The zero-order valence-corrected chi connectivity index (χ0v) is 18.5. The molecule has 158 valence electrons. The van der Waals surface area contributed by atoms with Crippen LogP contribution in [0.15, 0.2) is 39.9 Å². The summed E-state index contributed by atoms with van der Waals surface area (Å²) < 4.78 is 32.9. The van der Waals surface area contributed by atoms with Gasteiger partial charge in [0.1, 0.15) is 10.3 Å². The van der Waals surface area contributed by atoms with Gasteiger partial charge in [0.15, 0.2) is 5.13 Å². The highest BCUT2D eigenvalue weighted by Gasteiger charge is 2.40. The van der Waals surface area contributed by atoms with Crippen molar-refractivity contribution in [3.63, 3.8) is 0 Å². The lowest BCUT2D eigenvalue weighted by molar-refractivity contribution is -0.119. The number of carbonyl (C=O) groups is 2. The Morgan fingerprint density at radius 2 is 2.17 bits per heavy atom. The number of hydrogen-bond acceptors (Lipinski definition) is 8. The number of anilines is 1. The molecule has 0 aliphatic carbocycles. The van der Waals surface area contributed by atoms with Crippen LogP contribution in [0.1, 0.15) is 30.1 Å². The third-order valence-electron chi connectivity index (χ3n) is 4.69. The predicted octanol–water partition coefficient (Wildman–Crippen LogP) is 3.33. The minimum absolute atomic E-state index is 0.230. The van der Waals surface area contributed by atoms with Gasteiger partial charge in [-0.25, -0.2) is 18.2 Å². The van der Waals surface area contributed by atoms with E-state index < -0.39 is 27.9 Å². The van der Waals surface area contributed by atoms with Crippen molar-refractivity contribution in [2.45, 2.75) is 30.0 Å². The number of fused-ring (bicyclic) bond motifs is 1. The molecule has 0 bridgehead atoms. The van der Waals surface area contributed by atoms with E-state index in [1.54, 1.807) is 42.6 Å². The van der Waals surface area contributed by atoms with Crippen LogP contribution in [0.5, 0.6) is 0 Å². The smallest absolute Gasteiger partial charge is 0.338 e. The Kier molecular flexibility index (Phi) is 5.87. The van der Waals surface area contributed by atoms with E-state index in [1.807, 2.05) is 0 Å². The van der Waals surface area contributed by atoms with Crippen molar-refractivity contribution < 1.29 is 22.7 Å². The molecular formula is C19H19N3O5S3. The Labute approximate surface area is 181 Å². The normalized spacial score (nSPS) is 17.3. The average Bonchev–Trinajstić information content (AvgIpc) is 3.47. The van der Waals surface area contributed by atoms with E-state index in [2.05, 4.69) is 10.3 Å². The fraction of sp³-hybridized carbons (Fsp3) is 0.316. The molecule has 1 saturated heterocycles. The van der Waals surface area contributed by atoms with Gasteiger partial charge >= 0.3 is 5.97 Å². The third kappa shape index (κ3) is 3.97. The largest absolute Gasteiger partial charge is 0.462 e. The summed E-state index contributed by atoms with van der Waals surface area (Å²) in [5.74, 6) is -0.823. The van der Waals surface area contributed by atoms with Crippen LogP contribution in [0.2, 0.25) is 0 Å². The Bertz CT molecular complexity index is 1190. The van der Waals surface area contributed by atoms with Gasteiger partial charge in [0, 0.05) is 6.54 Å². The summed E-state index contributed by atoms with van der Waals surface area (Å²) in [6.45, 7) is 2.33. The summed E-state index contributed by atoms with van der Waals surface area (Å²) in [4.78, 5) is 29.1. The van der Waals surface area contributed by atoms with Gasteiger partial charge in [0.2, 0.25) is 5.91 Å². The Morgan fingerprint density at radius 1 is 1.33 bits per heavy atom. The van der Waals surface area contributed by atoms with Gasteiger partial charge in [0.05, 0.1) is 22.4 Å². The molecule has 4 rings (SSSR count). The summed E-state index contributed by atoms with van der Waals surface area (Å²) in [5.41, 5.74) is 1.05. The molecule has 3 aromatic rings. The van der Waals surface area contributed by atoms with Gasteiger partial charge in [0.25, 0.3) is 10.0 Å². The highest BCUT2D eigenvalue weighted by Crippen LogP contribution is 2.31. The first-order valence-corrected chi connectivity index (χ1v) is 12.5. The van der Waals surface area contributed by atoms with Gasteiger partial charge in [-0.05, 0) is 49.4 Å². The molecule has 8 nitrogen and oxygen atoms in total. The number of thiophene rings is 1. The minimum Gasteiger partial charge on any atom is -0.462 e. The SMILES string of the molecule is CCOC(=O)c1ccc2nc(NC(=O)C3CCCN3S(=O)(=O)c3cccs3)sc2c1. The number of benzene rings is 1. The average molecular weight is 466 g/mol. The van der Waals surface area contributed by atoms with Gasteiger partial charge < -0.3 is 10.1 Å². The number of nitrogens with zero attached hydrogens (tertiary/aromatic N) is 2. The molecule has 1 atom stereocenters. The lowest BCUT2D eigenvalue weighted by atomic mass is 10.2. The molecule has 1 unspecified atom stereocenters. The van der Waals surface area contributed by atoms with E-state index in [4.69, 9.17) is 4.74 Å².